The van der Waals surface area contributed by atoms with Crippen molar-refractivity contribution >= 4 is 12.2 Å². The lowest BCUT2D eigenvalue weighted by molar-refractivity contribution is 0.171. The van der Waals surface area contributed by atoms with Crippen molar-refractivity contribution in [2.75, 3.05) is 13.2 Å². The van der Waals surface area contributed by atoms with E-state index in [0.717, 1.165) is 22.6 Å². The van der Waals surface area contributed by atoms with Gasteiger partial charge in [0.05, 0.1) is 6.20 Å². The third kappa shape index (κ3) is 2.01. The van der Waals surface area contributed by atoms with Gasteiger partial charge in [0.15, 0.2) is 11.5 Å². The highest BCUT2D eigenvalue weighted by molar-refractivity contribution is 7.71. The highest BCUT2D eigenvalue weighted by Gasteiger charge is 2.12. The molecule has 0 aliphatic carbocycles. The van der Waals surface area contributed by atoms with Crippen LogP contribution in [0.2, 0.25) is 0 Å². The minimum absolute atomic E-state index is 0.587. The highest BCUT2D eigenvalue weighted by Crippen LogP contribution is 2.34. The topological polar surface area (TPSA) is 47.1 Å². The number of nitrogens with one attached hydrogen (secondary N) is 1. The number of fused-ring (bicyclic) bond motifs is 1. The van der Waals surface area contributed by atoms with Crippen molar-refractivity contribution in [3.63, 3.8) is 0 Å². The Morgan fingerprint density at radius 3 is 2.71 bits per heavy atom. The summed E-state index contributed by atoms with van der Waals surface area (Å²) in [5, 5.41) is 6.68. The molecule has 0 unspecified atom stereocenters. The lowest BCUT2D eigenvalue weighted by atomic mass is 10.1. The Morgan fingerprint density at radius 2 is 1.88 bits per heavy atom. The van der Waals surface area contributed by atoms with Crippen molar-refractivity contribution in [3.05, 3.63) is 35.1 Å². The molecule has 86 valence electrons. The van der Waals surface area contributed by atoms with Crippen LogP contribution >= 0.6 is 12.2 Å². The van der Waals surface area contributed by atoms with E-state index in [-0.39, 0.29) is 0 Å². The Bertz CT molecular complexity index is 609. The molecule has 1 N–H and O–H groups in total. The Balaban J connectivity index is 2.07. The van der Waals surface area contributed by atoms with E-state index in [9.17, 15) is 0 Å². The number of aromatic amines is 1. The molecule has 17 heavy (non-hydrogen) atoms. The second-order valence-electron chi connectivity index (χ2n) is 3.69. The maximum atomic E-state index is 5.54. The van der Waals surface area contributed by atoms with Gasteiger partial charge in [-0.25, -0.2) is 0 Å². The van der Waals surface area contributed by atoms with Gasteiger partial charge in [0, 0.05) is 5.56 Å². The zero-order valence-corrected chi connectivity index (χ0v) is 9.79. The van der Waals surface area contributed by atoms with Gasteiger partial charge in [-0.3, -0.25) is 5.10 Å². The molecular weight excluding hydrogens is 236 g/mol. The fourth-order valence-corrected chi connectivity index (χ4v) is 1.94. The molecule has 1 aromatic heterocycles. The summed E-state index contributed by atoms with van der Waals surface area (Å²) in [6, 6.07) is 7.69. The number of ether oxygens (including phenoxy) is 2. The van der Waals surface area contributed by atoms with Gasteiger partial charge in [0.2, 0.25) is 0 Å². The standard InChI is InChI=1S/C12H10N2O2S/c17-12-6-9(7-13-14-12)8-1-2-10-11(5-8)16-4-3-15-10/h1-2,5-7H,3-4H2,(H,14,17). The van der Waals surface area contributed by atoms with Gasteiger partial charge in [0.1, 0.15) is 17.9 Å². The van der Waals surface area contributed by atoms with Gasteiger partial charge in [-0.15, -0.1) is 0 Å². The van der Waals surface area contributed by atoms with E-state index in [4.69, 9.17) is 21.7 Å². The lowest BCUT2D eigenvalue weighted by Gasteiger charge is -2.18. The first kappa shape index (κ1) is 10.3. The van der Waals surface area contributed by atoms with E-state index in [2.05, 4.69) is 10.2 Å². The van der Waals surface area contributed by atoms with Crippen LogP contribution in [0.1, 0.15) is 0 Å². The molecule has 2 aromatic rings. The van der Waals surface area contributed by atoms with Crippen LogP contribution in [-0.2, 0) is 0 Å². The first-order valence-corrected chi connectivity index (χ1v) is 5.68. The minimum Gasteiger partial charge on any atom is -0.486 e. The van der Waals surface area contributed by atoms with Gasteiger partial charge in [-0.2, -0.15) is 5.10 Å². The summed E-state index contributed by atoms with van der Waals surface area (Å²) in [4.78, 5) is 0. The van der Waals surface area contributed by atoms with Crippen LogP contribution in [0.3, 0.4) is 0 Å². The molecule has 2 heterocycles. The smallest absolute Gasteiger partial charge is 0.161 e. The molecule has 5 heteroatoms. The maximum absolute atomic E-state index is 5.54. The van der Waals surface area contributed by atoms with Crippen LogP contribution < -0.4 is 9.47 Å². The molecule has 0 fully saturated rings. The molecule has 1 aliphatic heterocycles. The quantitative estimate of drug-likeness (QED) is 0.786. The zero-order chi connectivity index (χ0) is 11.7. The van der Waals surface area contributed by atoms with Gasteiger partial charge >= 0.3 is 0 Å². The number of rotatable bonds is 1. The van der Waals surface area contributed by atoms with Crippen molar-refractivity contribution < 1.29 is 9.47 Å². The predicted octanol–water partition coefficient (Wildman–Crippen LogP) is 2.58. The summed E-state index contributed by atoms with van der Waals surface area (Å²) < 4.78 is 11.6. The van der Waals surface area contributed by atoms with E-state index in [1.165, 1.54) is 0 Å². The highest BCUT2D eigenvalue weighted by atomic mass is 32.1. The molecule has 0 spiro atoms. The van der Waals surface area contributed by atoms with Crippen LogP contribution in [0.5, 0.6) is 11.5 Å². The van der Waals surface area contributed by atoms with E-state index >= 15 is 0 Å². The Labute approximate surface area is 103 Å². The van der Waals surface area contributed by atoms with E-state index in [1.54, 1.807) is 6.20 Å². The fourth-order valence-electron chi connectivity index (χ4n) is 1.76. The summed E-state index contributed by atoms with van der Waals surface area (Å²) in [5.41, 5.74) is 1.98. The van der Waals surface area contributed by atoms with E-state index in [0.29, 0.717) is 17.9 Å². The average Bonchev–Trinajstić information content (AvgIpc) is 2.38. The molecule has 0 atom stereocenters. The molecular formula is C12H10N2O2S. The Hall–Kier alpha value is -1.88. The summed E-state index contributed by atoms with van der Waals surface area (Å²) in [6.45, 7) is 1.19. The Morgan fingerprint density at radius 1 is 1.06 bits per heavy atom. The average molecular weight is 246 g/mol. The second-order valence-corrected chi connectivity index (χ2v) is 4.13. The number of H-pyrrole nitrogens is 1. The molecule has 0 saturated heterocycles. The lowest BCUT2D eigenvalue weighted by Crippen LogP contribution is -2.15. The van der Waals surface area contributed by atoms with E-state index < -0.39 is 0 Å². The van der Waals surface area contributed by atoms with Gasteiger partial charge in [-0.1, -0.05) is 18.3 Å². The SMILES string of the molecule is S=c1cc(-c2ccc3c(c2)OCCO3)cn[nH]1. The molecule has 0 saturated carbocycles. The third-order valence-corrected chi connectivity index (χ3v) is 2.75. The first-order valence-electron chi connectivity index (χ1n) is 5.28. The summed E-state index contributed by atoms with van der Waals surface area (Å²) in [6.07, 6.45) is 1.74. The van der Waals surface area contributed by atoms with Crippen LogP contribution in [0.25, 0.3) is 11.1 Å². The Kier molecular flexibility index (Phi) is 2.53. The van der Waals surface area contributed by atoms with Crippen molar-refractivity contribution in [1.82, 2.24) is 10.2 Å². The monoisotopic (exact) mass is 246 g/mol. The van der Waals surface area contributed by atoms with E-state index in [1.807, 2.05) is 24.3 Å². The normalized spacial score (nSPS) is 13.4. The maximum Gasteiger partial charge on any atom is 0.161 e. The van der Waals surface area contributed by atoms with Crippen LogP contribution in [0, 0.1) is 4.64 Å². The number of hydrogen-bond donors (Lipinski definition) is 1. The van der Waals surface area contributed by atoms with Gasteiger partial charge in [-0.05, 0) is 23.8 Å². The zero-order valence-electron chi connectivity index (χ0n) is 8.97. The largest absolute Gasteiger partial charge is 0.486 e. The van der Waals surface area contributed by atoms with Crippen LogP contribution in [0.15, 0.2) is 30.5 Å². The van der Waals surface area contributed by atoms with Crippen molar-refractivity contribution in [1.29, 1.82) is 0 Å². The van der Waals surface area contributed by atoms with Gasteiger partial charge < -0.3 is 9.47 Å². The van der Waals surface area contributed by atoms with Crippen molar-refractivity contribution in [3.8, 4) is 22.6 Å². The van der Waals surface area contributed by atoms with Crippen LogP contribution in [-0.4, -0.2) is 23.4 Å². The molecule has 3 rings (SSSR count). The fraction of sp³-hybridized carbons (Fsp3) is 0.167. The predicted molar refractivity (Wildman–Crippen MR) is 65.8 cm³/mol. The summed E-state index contributed by atoms with van der Waals surface area (Å²) in [5.74, 6) is 1.56. The number of aromatic nitrogens is 2. The minimum atomic E-state index is 0.587. The number of nitrogens with zero attached hydrogens (tertiary/aromatic N) is 1. The molecule has 1 aliphatic rings. The molecule has 0 bridgehead atoms. The molecule has 1 aromatic carbocycles. The number of benzene rings is 1. The van der Waals surface area contributed by atoms with Crippen molar-refractivity contribution in [2.24, 2.45) is 0 Å². The third-order valence-electron chi connectivity index (χ3n) is 2.54. The van der Waals surface area contributed by atoms with Crippen molar-refractivity contribution in [2.45, 2.75) is 0 Å². The van der Waals surface area contributed by atoms with Crippen LogP contribution in [0.4, 0.5) is 0 Å². The molecule has 0 amide bonds. The molecule has 0 radical (unpaired) electrons. The van der Waals surface area contributed by atoms with Gasteiger partial charge in [0.25, 0.3) is 0 Å². The first-order chi connectivity index (χ1) is 8.33. The molecule has 4 nitrogen and oxygen atoms in total. The second kappa shape index (κ2) is 4.18. The number of hydrogen-bond acceptors (Lipinski definition) is 4. The summed E-state index contributed by atoms with van der Waals surface area (Å²) >= 11 is 5.05. The summed E-state index contributed by atoms with van der Waals surface area (Å²) in [7, 11) is 0.